The minimum absolute atomic E-state index is 0.418. The second-order valence-electron chi connectivity index (χ2n) is 7.41. The summed E-state index contributed by atoms with van der Waals surface area (Å²) in [6.45, 7) is 6.29. The Hall–Kier alpha value is -3.13. The number of aromatic amines is 1. The van der Waals surface area contributed by atoms with Gasteiger partial charge in [-0.15, -0.1) is 5.10 Å². The molecule has 0 bridgehead atoms. The van der Waals surface area contributed by atoms with Gasteiger partial charge in [-0.25, -0.2) is 9.98 Å². The van der Waals surface area contributed by atoms with Gasteiger partial charge >= 0.3 is 0 Å². The van der Waals surface area contributed by atoms with E-state index in [1.54, 1.807) is 6.26 Å². The molecule has 1 unspecified atom stereocenters. The van der Waals surface area contributed by atoms with E-state index >= 15 is 0 Å². The minimum atomic E-state index is 0.418. The van der Waals surface area contributed by atoms with E-state index in [4.69, 9.17) is 4.42 Å². The molecular formula is C22H29N7O. The fourth-order valence-electron chi connectivity index (χ4n) is 3.74. The van der Waals surface area contributed by atoms with Gasteiger partial charge in [0, 0.05) is 25.7 Å². The highest BCUT2D eigenvalue weighted by Gasteiger charge is 2.24. The zero-order valence-electron chi connectivity index (χ0n) is 17.3. The van der Waals surface area contributed by atoms with Gasteiger partial charge in [0.25, 0.3) is 0 Å². The van der Waals surface area contributed by atoms with Crippen LogP contribution in [0.25, 0.3) is 11.6 Å². The van der Waals surface area contributed by atoms with Crippen molar-refractivity contribution in [2.24, 2.45) is 4.99 Å². The summed E-state index contributed by atoms with van der Waals surface area (Å²) < 4.78 is 5.34. The van der Waals surface area contributed by atoms with Gasteiger partial charge in [0.1, 0.15) is 12.4 Å². The molecule has 0 saturated carbocycles. The molecule has 3 N–H and O–H groups in total. The SMILES string of the molecule is CCNC(=NCc1nc(-c2ccco2)n[nH]1)NCC1CCCN1Cc1ccccc1. The highest BCUT2D eigenvalue weighted by molar-refractivity contribution is 5.79. The van der Waals surface area contributed by atoms with Crippen LogP contribution in [0.3, 0.4) is 0 Å². The summed E-state index contributed by atoms with van der Waals surface area (Å²) in [4.78, 5) is 11.7. The number of H-pyrrole nitrogens is 1. The molecule has 1 saturated heterocycles. The van der Waals surface area contributed by atoms with Crippen LogP contribution in [0, 0.1) is 0 Å². The molecule has 30 heavy (non-hydrogen) atoms. The predicted octanol–water partition coefficient (Wildman–Crippen LogP) is 2.78. The Morgan fingerprint density at radius 2 is 2.13 bits per heavy atom. The molecule has 3 aromatic rings. The van der Waals surface area contributed by atoms with Gasteiger partial charge in [0.05, 0.1) is 6.26 Å². The van der Waals surface area contributed by atoms with Gasteiger partial charge in [0.2, 0.25) is 5.82 Å². The smallest absolute Gasteiger partial charge is 0.216 e. The molecule has 0 aliphatic carbocycles. The van der Waals surface area contributed by atoms with Crippen molar-refractivity contribution in [3.05, 3.63) is 60.1 Å². The van der Waals surface area contributed by atoms with Crippen LogP contribution in [0.4, 0.5) is 0 Å². The number of nitrogens with one attached hydrogen (secondary N) is 3. The van der Waals surface area contributed by atoms with E-state index in [1.165, 1.54) is 18.4 Å². The summed E-state index contributed by atoms with van der Waals surface area (Å²) in [5, 5.41) is 13.9. The predicted molar refractivity (Wildman–Crippen MR) is 117 cm³/mol. The third-order valence-electron chi connectivity index (χ3n) is 5.24. The number of benzene rings is 1. The lowest BCUT2D eigenvalue weighted by molar-refractivity contribution is 0.245. The van der Waals surface area contributed by atoms with Crippen molar-refractivity contribution in [2.45, 2.75) is 38.9 Å². The third kappa shape index (κ3) is 5.27. The Bertz CT molecular complexity index is 920. The number of hydrogen-bond donors (Lipinski definition) is 3. The molecule has 2 aromatic heterocycles. The Kier molecular flexibility index (Phi) is 6.76. The lowest BCUT2D eigenvalue weighted by Gasteiger charge is -2.25. The molecule has 1 aromatic carbocycles. The first-order chi connectivity index (χ1) is 14.8. The molecule has 3 heterocycles. The van der Waals surface area contributed by atoms with E-state index in [0.717, 1.165) is 32.1 Å². The molecule has 1 atom stereocenters. The summed E-state index contributed by atoms with van der Waals surface area (Å²) in [5.74, 6) is 2.68. The molecule has 0 radical (unpaired) electrons. The maximum Gasteiger partial charge on any atom is 0.216 e. The zero-order chi connectivity index (χ0) is 20.6. The Morgan fingerprint density at radius 1 is 1.23 bits per heavy atom. The number of nitrogens with zero attached hydrogens (tertiary/aromatic N) is 4. The van der Waals surface area contributed by atoms with Gasteiger partial charge in [-0.3, -0.25) is 10.00 Å². The largest absolute Gasteiger partial charge is 0.461 e. The second kappa shape index (κ2) is 10.1. The van der Waals surface area contributed by atoms with Crippen LogP contribution in [0.2, 0.25) is 0 Å². The molecule has 0 spiro atoms. The second-order valence-corrected chi connectivity index (χ2v) is 7.41. The van der Waals surface area contributed by atoms with E-state index < -0.39 is 0 Å². The van der Waals surface area contributed by atoms with Gasteiger partial charge in [-0.2, -0.15) is 0 Å². The van der Waals surface area contributed by atoms with Crippen LogP contribution in [0.5, 0.6) is 0 Å². The first-order valence-corrected chi connectivity index (χ1v) is 10.6. The van der Waals surface area contributed by atoms with Crippen molar-refractivity contribution in [1.29, 1.82) is 0 Å². The molecule has 1 aliphatic heterocycles. The molecule has 4 rings (SSSR count). The van der Waals surface area contributed by atoms with Crippen LogP contribution in [-0.2, 0) is 13.1 Å². The number of hydrogen-bond acceptors (Lipinski definition) is 5. The maximum atomic E-state index is 5.34. The van der Waals surface area contributed by atoms with Crippen LogP contribution in [0.1, 0.15) is 31.2 Å². The zero-order valence-corrected chi connectivity index (χ0v) is 17.3. The summed E-state index contributed by atoms with van der Waals surface area (Å²) in [7, 11) is 0. The number of aliphatic imine (C=N–C) groups is 1. The summed E-state index contributed by atoms with van der Waals surface area (Å²) in [5.41, 5.74) is 1.36. The van der Waals surface area contributed by atoms with E-state index in [-0.39, 0.29) is 0 Å². The highest BCUT2D eigenvalue weighted by Crippen LogP contribution is 2.19. The van der Waals surface area contributed by atoms with Crippen LogP contribution in [-0.4, -0.2) is 51.7 Å². The molecule has 1 aliphatic rings. The van der Waals surface area contributed by atoms with Crippen molar-refractivity contribution in [3.63, 3.8) is 0 Å². The van der Waals surface area contributed by atoms with Crippen molar-refractivity contribution in [3.8, 4) is 11.6 Å². The van der Waals surface area contributed by atoms with Crippen molar-refractivity contribution in [2.75, 3.05) is 19.6 Å². The van der Waals surface area contributed by atoms with E-state index in [2.05, 4.69) is 73.0 Å². The van der Waals surface area contributed by atoms with Crippen molar-refractivity contribution >= 4 is 5.96 Å². The van der Waals surface area contributed by atoms with E-state index in [0.29, 0.717) is 30.0 Å². The molecule has 8 nitrogen and oxygen atoms in total. The minimum Gasteiger partial charge on any atom is -0.461 e. The molecule has 158 valence electrons. The molecule has 0 amide bonds. The van der Waals surface area contributed by atoms with Crippen molar-refractivity contribution < 1.29 is 4.42 Å². The Labute approximate surface area is 176 Å². The monoisotopic (exact) mass is 407 g/mol. The Balaban J connectivity index is 1.32. The Morgan fingerprint density at radius 3 is 2.93 bits per heavy atom. The number of furan rings is 1. The van der Waals surface area contributed by atoms with Crippen LogP contribution < -0.4 is 10.6 Å². The van der Waals surface area contributed by atoms with Gasteiger partial charge in [0.15, 0.2) is 11.7 Å². The van der Waals surface area contributed by atoms with Crippen LogP contribution in [0.15, 0.2) is 58.1 Å². The summed E-state index contributed by atoms with van der Waals surface area (Å²) >= 11 is 0. The average Bonchev–Trinajstić information content (AvgIpc) is 3.53. The topological polar surface area (TPSA) is 94.4 Å². The first kappa shape index (κ1) is 20.2. The van der Waals surface area contributed by atoms with Gasteiger partial charge < -0.3 is 15.1 Å². The number of guanidine groups is 1. The summed E-state index contributed by atoms with van der Waals surface area (Å²) in [6, 6.07) is 14.8. The average molecular weight is 408 g/mol. The molecular weight excluding hydrogens is 378 g/mol. The van der Waals surface area contributed by atoms with Crippen molar-refractivity contribution in [1.82, 2.24) is 30.7 Å². The number of rotatable bonds is 8. The standard InChI is InChI=1S/C22H29N7O/c1-2-23-22(25-15-20-26-21(28-27-20)19-11-7-13-30-19)24-14-18-10-6-12-29(18)16-17-8-4-3-5-9-17/h3-5,7-9,11,13,18H,2,6,10,12,14-16H2,1H3,(H2,23,24,25)(H,26,27,28). The fourth-order valence-corrected chi connectivity index (χ4v) is 3.74. The van der Waals surface area contributed by atoms with Crippen LogP contribution >= 0.6 is 0 Å². The number of aromatic nitrogens is 3. The van der Waals surface area contributed by atoms with Gasteiger partial charge in [-0.05, 0) is 44.0 Å². The van der Waals surface area contributed by atoms with E-state index in [1.807, 2.05) is 12.1 Å². The quantitative estimate of drug-likeness (QED) is 0.393. The maximum absolute atomic E-state index is 5.34. The van der Waals surface area contributed by atoms with Gasteiger partial charge in [-0.1, -0.05) is 30.3 Å². The lowest BCUT2D eigenvalue weighted by atomic mass is 10.2. The lowest BCUT2D eigenvalue weighted by Crippen LogP contribution is -2.44. The molecule has 1 fully saturated rings. The third-order valence-corrected chi connectivity index (χ3v) is 5.24. The highest BCUT2D eigenvalue weighted by atomic mass is 16.3. The number of likely N-dealkylation sites (tertiary alicyclic amines) is 1. The fraction of sp³-hybridized carbons (Fsp3) is 0.409. The normalized spacial score (nSPS) is 17.4. The first-order valence-electron chi connectivity index (χ1n) is 10.6. The van der Waals surface area contributed by atoms with E-state index in [9.17, 15) is 0 Å². The molecule has 8 heteroatoms. The summed E-state index contributed by atoms with van der Waals surface area (Å²) in [6.07, 6.45) is 4.05.